The van der Waals surface area contributed by atoms with Crippen LogP contribution >= 0.6 is 11.3 Å². The molecule has 0 radical (unpaired) electrons. The molecule has 0 aliphatic carbocycles. The summed E-state index contributed by atoms with van der Waals surface area (Å²) in [5.41, 5.74) is 1.21. The van der Waals surface area contributed by atoms with Crippen LogP contribution in [0.3, 0.4) is 0 Å². The van der Waals surface area contributed by atoms with Gasteiger partial charge in [-0.15, -0.1) is 17.9 Å². The molecule has 1 aromatic heterocycles. The van der Waals surface area contributed by atoms with Crippen molar-refractivity contribution in [2.24, 2.45) is 0 Å². The Kier molecular flexibility index (Phi) is 10.2. The molecule has 208 valence electrons. The smallest absolute Gasteiger partial charge is 0.416 e. The fraction of sp³-hybridized carbons (Fsp3) is 0.310. The van der Waals surface area contributed by atoms with Crippen LogP contribution in [0.15, 0.2) is 66.6 Å². The first-order chi connectivity index (χ1) is 18.6. The number of hydrogen-bond donors (Lipinski definition) is 0. The summed E-state index contributed by atoms with van der Waals surface area (Å²) in [6, 6.07) is 11.5. The zero-order chi connectivity index (χ0) is 28.6. The van der Waals surface area contributed by atoms with Gasteiger partial charge >= 0.3 is 6.18 Å². The van der Waals surface area contributed by atoms with E-state index in [4.69, 9.17) is 9.47 Å². The highest BCUT2D eigenvalue weighted by molar-refractivity contribution is 7.10. The lowest BCUT2D eigenvalue weighted by molar-refractivity contribution is -0.137. The van der Waals surface area contributed by atoms with E-state index in [1.165, 1.54) is 11.0 Å². The van der Waals surface area contributed by atoms with Crippen molar-refractivity contribution in [3.05, 3.63) is 93.7 Å². The molecule has 0 saturated carbocycles. The lowest BCUT2D eigenvalue weighted by atomic mass is 10.1. The van der Waals surface area contributed by atoms with Crippen molar-refractivity contribution in [2.75, 3.05) is 33.9 Å². The first-order valence-electron chi connectivity index (χ1n) is 12.2. The van der Waals surface area contributed by atoms with E-state index < -0.39 is 17.6 Å². The van der Waals surface area contributed by atoms with Crippen molar-refractivity contribution in [3.8, 4) is 11.5 Å². The molecule has 10 heteroatoms. The number of hydrogen-bond acceptors (Lipinski definition) is 5. The number of carbonyl (C=O) groups is 2. The number of benzene rings is 2. The fourth-order valence-corrected chi connectivity index (χ4v) is 4.88. The Morgan fingerprint density at radius 2 is 1.69 bits per heavy atom. The predicted octanol–water partition coefficient (Wildman–Crippen LogP) is 5.99. The topological polar surface area (TPSA) is 59.1 Å². The van der Waals surface area contributed by atoms with Crippen LogP contribution in [-0.4, -0.2) is 55.5 Å². The Hall–Kier alpha value is -3.79. The van der Waals surface area contributed by atoms with E-state index >= 15 is 0 Å². The molecular weight excluding hydrogens is 529 g/mol. The van der Waals surface area contributed by atoms with Crippen LogP contribution in [0.4, 0.5) is 13.2 Å². The predicted molar refractivity (Wildman–Crippen MR) is 145 cm³/mol. The van der Waals surface area contributed by atoms with Gasteiger partial charge in [-0.05, 0) is 72.3 Å². The molecular formula is C29H31F3N2O4S. The van der Waals surface area contributed by atoms with Crippen molar-refractivity contribution < 1.29 is 32.2 Å². The standard InChI is InChI=1S/C29H31F3N2O4S/c1-5-14-34(28(36)22-7-9-23(10-8-22)29(30,31)32)19-27(35)33(18-26-20(2)13-16-39-26)15-12-21-6-11-24(37-3)25(17-21)38-4/h5-11,13,16-17H,1,12,14-15,18-19H2,2-4H3. The summed E-state index contributed by atoms with van der Waals surface area (Å²) >= 11 is 1.54. The molecule has 0 aliphatic rings. The van der Waals surface area contributed by atoms with Gasteiger partial charge in [0.2, 0.25) is 5.91 Å². The van der Waals surface area contributed by atoms with E-state index in [-0.39, 0.29) is 24.6 Å². The highest BCUT2D eigenvalue weighted by Gasteiger charge is 2.30. The van der Waals surface area contributed by atoms with Crippen LogP contribution in [0, 0.1) is 6.92 Å². The van der Waals surface area contributed by atoms with Crippen molar-refractivity contribution in [3.63, 3.8) is 0 Å². The highest BCUT2D eigenvalue weighted by atomic mass is 32.1. The third kappa shape index (κ3) is 7.86. The monoisotopic (exact) mass is 560 g/mol. The van der Waals surface area contributed by atoms with E-state index in [9.17, 15) is 22.8 Å². The zero-order valence-corrected chi connectivity index (χ0v) is 22.9. The number of thiophene rings is 1. The number of carbonyl (C=O) groups excluding carboxylic acids is 2. The first kappa shape index (κ1) is 29.8. The van der Waals surface area contributed by atoms with Crippen molar-refractivity contribution >= 4 is 23.2 Å². The molecule has 0 spiro atoms. The van der Waals surface area contributed by atoms with Crippen LogP contribution in [0.25, 0.3) is 0 Å². The summed E-state index contributed by atoms with van der Waals surface area (Å²) in [6.45, 7) is 6.20. The van der Waals surface area contributed by atoms with Gasteiger partial charge in [0.15, 0.2) is 11.5 Å². The quantitative estimate of drug-likeness (QED) is 0.255. The minimum Gasteiger partial charge on any atom is -0.493 e. The number of halogens is 3. The van der Waals surface area contributed by atoms with Gasteiger partial charge in [-0.2, -0.15) is 13.2 Å². The van der Waals surface area contributed by atoms with Crippen LogP contribution in [0.1, 0.15) is 31.9 Å². The summed E-state index contributed by atoms with van der Waals surface area (Å²) in [7, 11) is 3.11. The Morgan fingerprint density at radius 3 is 2.26 bits per heavy atom. The van der Waals surface area contributed by atoms with E-state index in [2.05, 4.69) is 6.58 Å². The Labute approximate surface area is 230 Å². The van der Waals surface area contributed by atoms with Gasteiger partial charge in [-0.25, -0.2) is 0 Å². The second-order valence-electron chi connectivity index (χ2n) is 8.83. The molecule has 0 N–H and O–H groups in total. The summed E-state index contributed by atoms with van der Waals surface area (Å²) in [4.78, 5) is 30.7. The van der Waals surface area contributed by atoms with Gasteiger partial charge in [-0.1, -0.05) is 12.1 Å². The summed E-state index contributed by atoms with van der Waals surface area (Å²) in [6.07, 6.45) is -2.50. The maximum absolute atomic E-state index is 13.5. The molecule has 2 amide bonds. The largest absolute Gasteiger partial charge is 0.493 e. The van der Waals surface area contributed by atoms with Gasteiger partial charge in [0.05, 0.1) is 26.3 Å². The van der Waals surface area contributed by atoms with Gasteiger partial charge in [0.25, 0.3) is 5.91 Å². The van der Waals surface area contributed by atoms with Gasteiger partial charge in [0.1, 0.15) is 6.54 Å². The second kappa shape index (κ2) is 13.3. The lowest BCUT2D eigenvalue weighted by Crippen LogP contribution is -2.43. The Morgan fingerprint density at radius 1 is 1.00 bits per heavy atom. The molecule has 0 aliphatic heterocycles. The average Bonchev–Trinajstić information content (AvgIpc) is 3.33. The SMILES string of the molecule is C=CCN(CC(=O)N(CCc1ccc(OC)c(OC)c1)Cc1sccc1C)C(=O)c1ccc(C(F)(F)F)cc1. The van der Waals surface area contributed by atoms with Crippen LogP contribution in [0.5, 0.6) is 11.5 Å². The minimum absolute atomic E-state index is 0.0589. The molecule has 0 atom stereocenters. The molecule has 3 aromatic rings. The molecule has 0 saturated heterocycles. The summed E-state index contributed by atoms with van der Waals surface area (Å²) in [5, 5.41) is 1.96. The normalized spacial score (nSPS) is 11.1. The van der Waals surface area contributed by atoms with E-state index in [0.29, 0.717) is 31.0 Å². The van der Waals surface area contributed by atoms with E-state index in [1.807, 2.05) is 30.5 Å². The van der Waals surface area contributed by atoms with Crippen LogP contribution < -0.4 is 9.47 Å². The molecule has 2 aromatic carbocycles. The second-order valence-corrected chi connectivity index (χ2v) is 9.83. The maximum Gasteiger partial charge on any atom is 0.416 e. The van der Waals surface area contributed by atoms with Gasteiger partial charge in [0, 0.05) is 23.5 Å². The summed E-state index contributed by atoms with van der Waals surface area (Å²) < 4.78 is 49.5. The minimum atomic E-state index is -4.51. The molecule has 0 bridgehead atoms. The number of amides is 2. The third-order valence-electron chi connectivity index (χ3n) is 6.20. The number of methoxy groups -OCH3 is 2. The molecule has 39 heavy (non-hydrogen) atoms. The van der Waals surface area contributed by atoms with E-state index in [0.717, 1.165) is 40.3 Å². The van der Waals surface area contributed by atoms with Crippen LogP contribution in [-0.2, 0) is 23.9 Å². The van der Waals surface area contributed by atoms with Crippen LogP contribution in [0.2, 0.25) is 0 Å². The molecule has 0 unspecified atom stereocenters. The van der Waals surface area contributed by atoms with Crippen molar-refractivity contribution in [2.45, 2.75) is 26.1 Å². The highest BCUT2D eigenvalue weighted by Crippen LogP contribution is 2.30. The molecule has 3 rings (SSSR count). The molecule has 6 nitrogen and oxygen atoms in total. The lowest BCUT2D eigenvalue weighted by Gasteiger charge is -2.27. The zero-order valence-electron chi connectivity index (χ0n) is 22.1. The van der Waals surface area contributed by atoms with E-state index in [1.54, 1.807) is 36.5 Å². The van der Waals surface area contributed by atoms with Crippen molar-refractivity contribution in [1.82, 2.24) is 9.80 Å². The van der Waals surface area contributed by atoms with Gasteiger partial charge in [-0.3, -0.25) is 9.59 Å². The number of alkyl halides is 3. The van der Waals surface area contributed by atoms with Gasteiger partial charge < -0.3 is 19.3 Å². The molecule has 0 fully saturated rings. The average molecular weight is 561 g/mol. The maximum atomic E-state index is 13.5. The third-order valence-corrected chi connectivity index (χ3v) is 7.20. The Bertz CT molecular complexity index is 1290. The molecule has 1 heterocycles. The van der Waals surface area contributed by atoms with Crippen molar-refractivity contribution in [1.29, 1.82) is 0 Å². The number of ether oxygens (including phenoxy) is 2. The fourth-order valence-electron chi connectivity index (χ4n) is 3.95. The number of rotatable bonds is 12. The first-order valence-corrected chi connectivity index (χ1v) is 13.0. The summed E-state index contributed by atoms with van der Waals surface area (Å²) in [5.74, 6) is 0.348. The Balaban J connectivity index is 1.79. The number of aryl methyl sites for hydroxylation is 1. The number of nitrogens with zero attached hydrogens (tertiary/aromatic N) is 2.